The minimum atomic E-state index is 0.0907. The maximum Gasteiger partial charge on any atom is 0.210 e. The lowest BCUT2D eigenvalue weighted by Crippen LogP contribution is -2.04. The van der Waals surface area contributed by atoms with Gasteiger partial charge >= 0.3 is 0 Å². The van der Waals surface area contributed by atoms with Gasteiger partial charge in [-0.1, -0.05) is 30.8 Å². The number of para-hydroxylation sites is 1. The Kier molecular flexibility index (Phi) is 3.13. The minimum absolute atomic E-state index is 0.0907. The van der Waals surface area contributed by atoms with Gasteiger partial charge in [-0.3, -0.25) is 0 Å². The lowest BCUT2D eigenvalue weighted by molar-refractivity contribution is 0.300. The highest BCUT2D eigenvalue weighted by atomic mass is 32.2. The average molecular weight is 221 g/mol. The lowest BCUT2D eigenvalue weighted by atomic mass is 10.3. The number of aliphatic hydroxyl groups excluding tert-OH is 1. The molecule has 0 bridgehead atoms. The topological polar surface area (TPSA) is 58.9 Å². The van der Waals surface area contributed by atoms with Crippen molar-refractivity contribution in [2.45, 2.75) is 17.3 Å². The normalized spacial score (nSPS) is 12.9. The van der Waals surface area contributed by atoms with Gasteiger partial charge in [-0.25, -0.2) is 4.98 Å². The van der Waals surface area contributed by atoms with E-state index in [1.165, 1.54) is 11.8 Å². The summed E-state index contributed by atoms with van der Waals surface area (Å²) in [5.41, 5.74) is 1.62. The molecule has 0 radical (unpaired) electrons. The molecule has 78 valence electrons. The highest BCUT2D eigenvalue weighted by molar-refractivity contribution is 7.99. The molecule has 0 amide bonds. The van der Waals surface area contributed by atoms with Crippen LogP contribution in [0.5, 0.6) is 0 Å². The molecule has 1 aromatic heterocycles. The Morgan fingerprint density at radius 3 is 2.73 bits per heavy atom. The Labute approximate surface area is 91.8 Å². The predicted octanol–water partition coefficient (Wildman–Crippen LogP) is 1.50. The maximum absolute atomic E-state index is 8.91. The van der Waals surface area contributed by atoms with Crippen LogP contribution in [-0.2, 0) is 0 Å². The van der Waals surface area contributed by atoms with Gasteiger partial charge < -0.3 is 5.11 Å². The molecular weight excluding hydrogens is 210 g/mol. The van der Waals surface area contributed by atoms with Gasteiger partial charge in [0.05, 0.1) is 12.1 Å². The number of hydrogen-bond acceptors (Lipinski definition) is 5. The minimum Gasteiger partial charge on any atom is -0.395 e. The second-order valence-corrected chi connectivity index (χ2v) is 4.60. The Morgan fingerprint density at radius 1 is 1.27 bits per heavy atom. The van der Waals surface area contributed by atoms with Gasteiger partial charge in [0.15, 0.2) is 0 Å². The summed E-state index contributed by atoms with van der Waals surface area (Å²) in [5, 5.41) is 17.6. The summed E-state index contributed by atoms with van der Waals surface area (Å²) in [4.78, 5) is 4.34. The van der Waals surface area contributed by atoms with Crippen molar-refractivity contribution in [1.82, 2.24) is 15.2 Å². The van der Waals surface area contributed by atoms with Gasteiger partial charge in [0.1, 0.15) is 5.52 Å². The zero-order chi connectivity index (χ0) is 10.7. The van der Waals surface area contributed by atoms with Gasteiger partial charge in [0, 0.05) is 5.25 Å². The van der Waals surface area contributed by atoms with Crippen LogP contribution < -0.4 is 0 Å². The fourth-order valence-electron chi connectivity index (χ4n) is 1.13. The molecule has 0 saturated carbocycles. The molecule has 1 atom stereocenters. The SMILES string of the molecule is CC(CO)Sc1nnc2ccccc2n1. The van der Waals surface area contributed by atoms with Gasteiger partial charge in [0.25, 0.3) is 0 Å². The molecule has 1 heterocycles. The van der Waals surface area contributed by atoms with Crippen LogP contribution >= 0.6 is 11.8 Å². The molecule has 4 nitrogen and oxygen atoms in total. The molecule has 0 saturated heterocycles. The second kappa shape index (κ2) is 4.55. The van der Waals surface area contributed by atoms with E-state index in [4.69, 9.17) is 5.11 Å². The number of hydrogen-bond donors (Lipinski definition) is 1. The molecule has 15 heavy (non-hydrogen) atoms. The molecule has 1 N–H and O–H groups in total. The van der Waals surface area contributed by atoms with Gasteiger partial charge in [-0.15, -0.1) is 10.2 Å². The number of fused-ring (bicyclic) bond motifs is 1. The Bertz CT molecular complexity index is 463. The van der Waals surface area contributed by atoms with E-state index in [-0.39, 0.29) is 11.9 Å². The molecule has 0 fully saturated rings. The average Bonchev–Trinajstić information content (AvgIpc) is 2.29. The summed E-state index contributed by atoms with van der Waals surface area (Å²) in [6, 6.07) is 7.60. The summed E-state index contributed by atoms with van der Waals surface area (Å²) in [7, 11) is 0. The molecule has 0 aliphatic carbocycles. The molecule has 0 aliphatic rings. The zero-order valence-electron chi connectivity index (χ0n) is 8.29. The van der Waals surface area contributed by atoms with E-state index in [9.17, 15) is 0 Å². The first kappa shape index (κ1) is 10.3. The van der Waals surface area contributed by atoms with Gasteiger partial charge in [0.2, 0.25) is 5.16 Å². The molecule has 1 unspecified atom stereocenters. The van der Waals surface area contributed by atoms with Crippen molar-refractivity contribution in [2.24, 2.45) is 0 Å². The van der Waals surface area contributed by atoms with Crippen molar-refractivity contribution in [3.63, 3.8) is 0 Å². The van der Waals surface area contributed by atoms with Crippen LogP contribution in [-0.4, -0.2) is 32.1 Å². The highest BCUT2D eigenvalue weighted by Crippen LogP contribution is 2.19. The number of rotatable bonds is 3. The fraction of sp³-hybridized carbons (Fsp3) is 0.300. The van der Waals surface area contributed by atoms with Crippen LogP contribution in [0.2, 0.25) is 0 Å². The summed E-state index contributed by atoms with van der Waals surface area (Å²) in [6.07, 6.45) is 0. The molecule has 0 spiro atoms. The van der Waals surface area contributed by atoms with Crippen molar-refractivity contribution in [1.29, 1.82) is 0 Å². The molecule has 0 aliphatic heterocycles. The van der Waals surface area contributed by atoms with E-state index < -0.39 is 0 Å². The first-order chi connectivity index (χ1) is 7.29. The van der Waals surface area contributed by atoms with E-state index in [2.05, 4.69) is 15.2 Å². The number of aromatic nitrogens is 3. The van der Waals surface area contributed by atoms with E-state index in [0.717, 1.165) is 11.0 Å². The molecule has 1 aromatic carbocycles. The third kappa shape index (κ3) is 2.43. The number of aliphatic hydroxyl groups is 1. The van der Waals surface area contributed by atoms with Crippen molar-refractivity contribution in [3.8, 4) is 0 Å². The van der Waals surface area contributed by atoms with Crippen LogP contribution in [0.4, 0.5) is 0 Å². The first-order valence-corrected chi connectivity index (χ1v) is 5.54. The second-order valence-electron chi connectivity index (χ2n) is 3.19. The molecule has 2 rings (SSSR count). The van der Waals surface area contributed by atoms with Gasteiger partial charge in [-0.2, -0.15) is 0 Å². The van der Waals surface area contributed by atoms with E-state index in [1.807, 2.05) is 31.2 Å². The zero-order valence-corrected chi connectivity index (χ0v) is 9.11. The largest absolute Gasteiger partial charge is 0.395 e. The third-order valence-corrected chi connectivity index (χ3v) is 2.84. The molecule has 5 heteroatoms. The first-order valence-electron chi connectivity index (χ1n) is 4.66. The standard InChI is InChI=1S/C10H11N3OS/c1-7(6-14)15-10-11-8-4-2-3-5-9(8)12-13-10/h2-5,7,14H,6H2,1H3. The summed E-state index contributed by atoms with van der Waals surface area (Å²) >= 11 is 1.42. The van der Waals surface area contributed by atoms with Crippen molar-refractivity contribution >= 4 is 22.8 Å². The van der Waals surface area contributed by atoms with Crippen molar-refractivity contribution in [3.05, 3.63) is 24.3 Å². The predicted molar refractivity (Wildman–Crippen MR) is 59.7 cm³/mol. The Balaban J connectivity index is 2.30. The number of thioether (sulfide) groups is 1. The molecule has 2 aromatic rings. The summed E-state index contributed by atoms with van der Waals surface area (Å²) in [5.74, 6) is 0. The smallest absolute Gasteiger partial charge is 0.210 e. The quantitative estimate of drug-likeness (QED) is 0.796. The number of benzene rings is 1. The van der Waals surface area contributed by atoms with Crippen LogP contribution in [0.15, 0.2) is 29.4 Å². The maximum atomic E-state index is 8.91. The van der Waals surface area contributed by atoms with Gasteiger partial charge in [-0.05, 0) is 12.1 Å². The van der Waals surface area contributed by atoms with Crippen LogP contribution in [0.1, 0.15) is 6.92 Å². The number of nitrogens with zero attached hydrogens (tertiary/aromatic N) is 3. The Morgan fingerprint density at radius 2 is 2.00 bits per heavy atom. The third-order valence-electron chi connectivity index (χ3n) is 1.90. The van der Waals surface area contributed by atoms with Crippen LogP contribution in [0, 0.1) is 0 Å². The summed E-state index contributed by atoms with van der Waals surface area (Å²) in [6.45, 7) is 2.03. The highest BCUT2D eigenvalue weighted by Gasteiger charge is 2.06. The lowest BCUT2D eigenvalue weighted by Gasteiger charge is -2.05. The fourth-order valence-corrected chi connectivity index (χ4v) is 1.81. The van der Waals surface area contributed by atoms with E-state index in [0.29, 0.717) is 5.16 Å². The van der Waals surface area contributed by atoms with Crippen molar-refractivity contribution in [2.75, 3.05) is 6.61 Å². The van der Waals surface area contributed by atoms with E-state index in [1.54, 1.807) is 0 Å². The van der Waals surface area contributed by atoms with Crippen molar-refractivity contribution < 1.29 is 5.11 Å². The summed E-state index contributed by atoms with van der Waals surface area (Å²) < 4.78 is 0. The molecular formula is C10H11N3OS. The van der Waals surface area contributed by atoms with E-state index >= 15 is 0 Å². The van der Waals surface area contributed by atoms with Crippen LogP contribution in [0.25, 0.3) is 11.0 Å². The Hall–Kier alpha value is -1.20. The van der Waals surface area contributed by atoms with Crippen LogP contribution in [0.3, 0.4) is 0 Å². The monoisotopic (exact) mass is 221 g/mol.